The summed E-state index contributed by atoms with van der Waals surface area (Å²) in [5, 5.41) is 14.6. The number of rotatable bonds is 4. The standard InChI is InChI=1S/C15H21N3O/c1-10-6-12-11(13(16)7-10)4-5-17-14(12)18-8-15(2,3)9-19/h4-7,19H,8-9,16H2,1-3H3,(H,17,18). The molecular weight excluding hydrogens is 238 g/mol. The van der Waals surface area contributed by atoms with E-state index in [0.29, 0.717) is 6.54 Å². The van der Waals surface area contributed by atoms with E-state index in [1.807, 2.05) is 32.9 Å². The number of hydrogen-bond donors (Lipinski definition) is 3. The molecule has 0 aliphatic heterocycles. The number of aryl methyl sites for hydroxylation is 1. The summed E-state index contributed by atoms with van der Waals surface area (Å²) in [5.41, 5.74) is 7.74. The number of anilines is 2. The second-order valence-electron chi connectivity index (χ2n) is 5.78. The fourth-order valence-corrected chi connectivity index (χ4v) is 1.98. The molecule has 0 bridgehead atoms. The van der Waals surface area contributed by atoms with Crippen molar-refractivity contribution in [3.05, 3.63) is 30.0 Å². The third-order valence-electron chi connectivity index (χ3n) is 3.22. The lowest BCUT2D eigenvalue weighted by molar-refractivity contribution is 0.171. The molecule has 1 aromatic carbocycles. The van der Waals surface area contributed by atoms with Gasteiger partial charge in [-0.2, -0.15) is 0 Å². The van der Waals surface area contributed by atoms with Crippen molar-refractivity contribution in [2.24, 2.45) is 5.41 Å². The quantitative estimate of drug-likeness (QED) is 0.738. The number of fused-ring (bicyclic) bond motifs is 1. The Kier molecular flexibility index (Phi) is 3.62. The fourth-order valence-electron chi connectivity index (χ4n) is 1.98. The van der Waals surface area contributed by atoms with Gasteiger partial charge in [0, 0.05) is 41.2 Å². The molecule has 0 amide bonds. The summed E-state index contributed by atoms with van der Waals surface area (Å²) in [7, 11) is 0. The first-order valence-electron chi connectivity index (χ1n) is 6.42. The van der Waals surface area contributed by atoms with Crippen LogP contribution in [0.2, 0.25) is 0 Å². The molecule has 0 fully saturated rings. The average molecular weight is 259 g/mol. The van der Waals surface area contributed by atoms with Gasteiger partial charge in [0.15, 0.2) is 0 Å². The molecule has 0 atom stereocenters. The van der Waals surface area contributed by atoms with E-state index in [0.717, 1.165) is 27.8 Å². The van der Waals surface area contributed by atoms with E-state index in [1.165, 1.54) is 0 Å². The van der Waals surface area contributed by atoms with Crippen molar-refractivity contribution in [3.8, 4) is 0 Å². The molecule has 4 N–H and O–H groups in total. The number of aliphatic hydroxyl groups excluding tert-OH is 1. The number of benzene rings is 1. The largest absolute Gasteiger partial charge is 0.398 e. The van der Waals surface area contributed by atoms with Gasteiger partial charge < -0.3 is 16.2 Å². The van der Waals surface area contributed by atoms with Gasteiger partial charge in [-0.25, -0.2) is 4.98 Å². The van der Waals surface area contributed by atoms with E-state index in [4.69, 9.17) is 5.73 Å². The average Bonchev–Trinajstić information content (AvgIpc) is 2.36. The zero-order valence-corrected chi connectivity index (χ0v) is 11.7. The second kappa shape index (κ2) is 5.05. The van der Waals surface area contributed by atoms with Crippen molar-refractivity contribution in [1.29, 1.82) is 0 Å². The number of hydrogen-bond acceptors (Lipinski definition) is 4. The molecule has 0 unspecified atom stereocenters. The van der Waals surface area contributed by atoms with Crippen LogP contribution >= 0.6 is 0 Å². The van der Waals surface area contributed by atoms with E-state index in [2.05, 4.69) is 16.4 Å². The predicted molar refractivity (Wildman–Crippen MR) is 80.2 cm³/mol. The Labute approximate surface area is 113 Å². The van der Waals surface area contributed by atoms with Crippen molar-refractivity contribution >= 4 is 22.3 Å². The van der Waals surface area contributed by atoms with E-state index >= 15 is 0 Å². The summed E-state index contributed by atoms with van der Waals surface area (Å²) < 4.78 is 0. The smallest absolute Gasteiger partial charge is 0.133 e. The SMILES string of the molecule is Cc1cc(N)c2ccnc(NCC(C)(C)CO)c2c1. The molecule has 19 heavy (non-hydrogen) atoms. The van der Waals surface area contributed by atoms with Crippen molar-refractivity contribution in [3.63, 3.8) is 0 Å². The number of nitrogens with zero attached hydrogens (tertiary/aromatic N) is 1. The van der Waals surface area contributed by atoms with Crippen LogP contribution in [0.25, 0.3) is 10.8 Å². The lowest BCUT2D eigenvalue weighted by Gasteiger charge is -2.22. The number of pyridine rings is 1. The van der Waals surface area contributed by atoms with Gasteiger partial charge >= 0.3 is 0 Å². The van der Waals surface area contributed by atoms with Gasteiger partial charge in [0.2, 0.25) is 0 Å². The van der Waals surface area contributed by atoms with Crippen LogP contribution in [0.1, 0.15) is 19.4 Å². The molecule has 2 rings (SSSR count). The Morgan fingerprint density at radius 3 is 2.74 bits per heavy atom. The second-order valence-corrected chi connectivity index (χ2v) is 5.78. The summed E-state index contributed by atoms with van der Waals surface area (Å²) >= 11 is 0. The van der Waals surface area contributed by atoms with Crippen LogP contribution in [0.5, 0.6) is 0 Å². The van der Waals surface area contributed by atoms with Gasteiger partial charge in [-0.3, -0.25) is 0 Å². The minimum absolute atomic E-state index is 0.131. The first-order chi connectivity index (χ1) is 8.93. The molecule has 4 nitrogen and oxygen atoms in total. The van der Waals surface area contributed by atoms with Gasteiger partial charge in [0.25, 0.3) is 0 Å². The Hall–Kier alpha value is -1.81. The summed E-state index contributed by atoms with van der Waals surface area (Å²) in [5.74, 6) is 0.814. The first-order valence-corrected chi connectivity index (χ1v) is 6.42. The van der Waals surface area contributed by atoms with Crippen LogP contribution in [0.3, 0.4) is 0 Å². The minimum atomic E-state index is -0.181. The van der Waals surface area contributed by atoms with Crippen LogP contribution in [0, 0.1) is 12.3 Å². The number of nitrogens with two attached hydrogens (primary N) is 1. The Balaban J connectivity index is 2.39. The maximum Gasteiger partial charge on any atom is 0.133 e. The van der Waals surface area contributed by atoms with Crippen molar-refractivity contribution < 1.29 is 5.11 Å². The third kappa shape index (κ3) is 2.96. The molecule has 0 saturated carbocycles. The molecule has 0 aliphatic rings. The maximum absolute atomic E-state index is 9.29. The Morgan fingerprint density at radius 1 is 1.32 bits per heavy atom. The highest BCUT2D eigenvalue weighted by molar-refractivity contribution is 5.99. The summed E-state index contributed by atoms with van der Waals surface area (Å²) in [4.78, 5) is 4.38. The van der Waals surface area contributed by atoms with Crippen LogP contribution < -0.4 is 11.1 Å². The molecular formula is C15H21N3O. The van der Waals surface area contributed by atoms with Gasteiger partial charge in [-0.1, -0.05) is 13.8 Å². The van der Waals surface area contributed by atoms with E-state index in [1.54, 1.807) is 6.20 Å². The molecule has 0 saturated heterocycles. The zero-order valence-electron chi connectivity index (χ0n) is 11.7. The van der Waals surface area contributed by atoms with E-state index in [-0.39, 0.29) is 12.0 Å². The van der Waals surface area contributed by atoms with Crippen molar-refractivity contribution in [2.45, 2.75) is 20.8 Å². The highest BCUT2D eigenvalue weighted by Gasteiger charge is 2.17. The molecule has 102 valence electrons. The summed E-state index contributed by atoms with van der Waals surface area (Å²) in [6, 6.07) is 5.96. The van der Waals surface area contributed by atoms with Gasteiger partial charge in [-0.15, -0.1) is 0 Å². The monoisotopic (exact) mass is 259 g/mol. The van der Waals surface area contributed by atoms with E-state index in [9.17, 15) is 5.11 Å². The molecule has 4 heteroatoms. The molecule has 0 radical (unpaired) electrons. The number of aromatic nitrogens is 1. The molecule has 2 aromatic rings. The normalized spacial score (nSPS) is 11.8. The fraction of sp³-hybridized carbons (Fsp3) is 0.400. The topological polar surface area (TPSA) is 71.2 Å². The predicted octanol–water partition coefficient (Wildman–Crippen LogP) is 2.56. The summed E-state index contributed by atoms with van der Waals surface area (Å²) in [6.45, 7) is 6.81. The van der Waals surface area contributed by atoms with Crippen LogP contribution in [-0.4, -0.2) is 23.2 Å². The minimum Gasteiger partial charge on any atom is -0.398 e. The Bertz CT molecular complexity index is 593. The number of nitrogen functional groups attached to an aromatic ring is 1. The van der Waals surface area contributed by atoms with Crippen molar-refractivity contribution in [1.82, 2.24) is 4.98 Å². The van der Waals surface area contributed by atoms with Crippen molar-refractivity contribution in [2.75, 3.05) is 24.2 Å². The lowest BCUT2D eigenvalue weighted by atomic mass is 9.95. The molecule has 1 aromatic heterocycles. The third-order valence-corrected chi connectivity index (χ3v) is 3.22. The first kappa shape index (κ1) is 13.6. The zero-order chi connectivity index (χ0) is 14.0. The van der Waals surface area contributed by atoms with Gasteiger partial charge in [0.05, 0.1) is 0 Å². The lowest BCUT2D eigenvalue weighted by Crippen LogP contribution is -2.27. The number of aliphatic hydroxyl groups is 1. The maximum atomic E-state index is 9.29. The summed E-state index contributed by atoms with van der Waals surface area (Å²) in [6.07, 6.45) is 1.75. The highest BCUT2D eigenvalue weighted by Crippen LogP contribution is 2.28. The van der Waals surface area contributed by atoms with Gasteiger partial charge in [-0.05, 0) is 30.7 Å². The molecule has 0 spiro atoms. The van der Waals surface area contributed by atoms with Crippen LogP contribution in [-0.2, 0) is 0 Å². The Morgan fingerprint density at radius 2 is 2.05 bits per heavy atom. The van der Waals surface area contributed by atoms with Crippen LogP contribution in [0.4, 0.5) is 11.5 Å². The number of nitrogens with one attached hydrogen (secondary N) is 1. The highest BCUT2D eigenvalue weighted by atomic mass is 16.3. The molecule has 0 aliphatic carbocycles. The van der Waals surface area contributed by atoms with Crippen LogP contribution in [0.15, 0.2) is 24.4 Å². The van der Waals surface area contributed by atoms with E-state index < -0.39 is 0 Å². The molecule has 1 heterocycles. The van der Waals surface area contributed by atoms with Gasteiger partial charge in [0.1, 0.15) is 5.82 Å².